The van der Waals surface area contributed by atoms with Crippen LogP contribution in [0, 0.1) is 6.92 Å². The van der Waals surface area contributed by atoms with Crippen molar-refractivity contribution in [2.24, 2.45) is 0 Å². The number of benzene rings is 1. The highest BCUT2D eigenvalue weighted by Gasteiger charge is 2.30. The Morgan fingerprint density at radius 3 is 2.74 bits per heavy atom. The summed E-state index contributed by atoms with van der Waals surface area (Å²) >= 11 is 1.02. The van der Waals surface area contributed by atoms with Gasteiger partial charge in [-0.25, -0.2) is 9.59 Å². The van der Waals surface area contributed by atoms with Crippen LogP contribution in [0.15, 0.2) is 18.2 Å². The Labute approximate surface area is 160 Å². The van der Waals surface area contributed by atoms with Crippen LogP contribution in [0.3, 0.4) is 0 Å². The first-order chi connectivity index (χ1) is 13.0. The number of rotatable bonds is 5. The number of methoxy groups -OCH3 is 1. The fourth-order valence-corrected chi connectivity index (χ4v) is 4.02. The molecule has 1 aliphatic carbocycles. The quantitative estimate of drug-likeness (QED) is 0.492. The van der Waals surface area contributed by atoms with Crippen LogP contribution in [0.1, 0.15) is 57.2 Å². The molecule has 1 aliphatic rings. The molecule has 0 aliphatic heterocycles. The maximum absolute atomic E-state index is 12.5. The molecule has 0 amide bonds. The first-order valence-electron chi connectivity index (χ1n) is 8.81. The van der Waals surface area contributed by atoms with E-state index in [0.717, 1.165) is 41.0 Å². The maximum Gasteiger partial charge on any atom is 0.357 e. The number of hydrogen-bond acceptors (Lipinski definition) is 7. The largest absolute Gasteiger partial charge is 0.465 e. The van der Waals surface area contributed by atoms with Gasteiger partial charge in [-0.1, -0.05) is 11.4 Å². The van der Waals surface area contributed by atoms with Crippen LogP contribution in [-0.2, 0) is 11.2 Å². The van der Waals surface area contributed by atoms with Gasteiger partial charge in [0.05, 0.1) is 18.4 Å². The second-order valence-electron chi connectivity index (χ2n) is 6.52. The van der Waals surface area contributed by atoms with Crippen molar-refractivity contribution in [3.05, 3.63) is 40.0 Å². The Morgan fingerprint density at radius 1 is 1.30 bits per heavy atom. The zero-order chi connectivity index (χ0) is 19.1. The number of fused-ring (bicyclic) bond motifs is 1. The lowest BCUT2D eigenvalue weighted by atomic mass is 10.1. The molecular formula is C19H19N3O4S. The third-order valence-corrected chi connectivity index (χ3v) is 5.56. The predicted octanol–water partition coefficient (Wildman–Crippen LogP) is 3.70. The normalized spacial score (nSPS) is 13.7. The van der Waals surface area contributed by atoms with Gasteiger partial charge in [-0.2, -0.15) is 0 Å². The molecule has 140 valence electrons. The lowest BCUT2D eigenvalue weighted by Gasteiger charge is -2.07. The first-order valence-corrected chi connectivity index (χ1v) is 9.58. The molecule has 3 aromatic rings. The summed E-state index contributed by atoms with van der Waals surface area (Å²) < 4.78 is 16.5. The molecule has 0 radical (unpaired) electrons. The van der Waals surface area contributed by atoms with Gasteiger partial charge in [-0.15, -0.1) is 5.10 Å². The first kappa shape index (κ1) is 17.7. The smallest absolute Gasteiger partial charge is 0.357 e. The number of nitrogens with zero attached hydrogens (tertiary/aromatic N) is 3. The van der Waals surface area contributed by atoms with Crippen LogP contribution >= 0.6 is 11.5 Å². The van der Waals surface area contributed by atoms with Crippen molar-refractivity contribution < 1.29 is 19.1 Å². The van der Waals surface area contributed by atoms with Crippen LogP contribution in [-0.4, -0.2) is 33.2 Å². The van der Waals surface area contributed by atoms with Crippen molar-refractivity contribution in [2.75, 3.05) is 7.11 Å². The van der Waals surface area contributed by atoms with E-state index in [9.17, 15) is 9.59 Å². The third-order valence-electron chi connectivity index (χ3n) is 4.81. The van der Waals surface area contributed by atoms with Gasteiger partial charge in [0.15, 0.2) is 4.88 Å². The number of carbonyl (C=O) groups is 2. The zero-order valence-electron chi connectivity index (χ0n) is 15.3. The molecule has 1 aromatic carbocycles. The molecule has 0 N–H and O–H groups in total. The Kier molecular flexibility index (Phi) is 4.43. The number of aryl methyl sites for hydroxylation is 1. The van der Waals surface area contributed by atoms with E-state index in [1.807, 2.05) is 19.9 Å². The van der Waals surface area contributed by atoms with E-state index in [4.69, 9.17) is 9.47 Å². The molecule has 2 heterocycles. The number of esters is 2. The SMILES string of the molecule is CCc1nnsc1C(=O)Oc1ccc2c(c1)c(C(=O)OC)c(C)n2C1CC1. The Bertz CT molecular complexity index is 1050. The summed E-state index contributed by atoms with van der Waals surface area (Å²) in [5.41, 5.74) is 2.97. The van der Waals surface area contributed by atoms with Gasteiger partial charge in [0.1, 0.15) is 5.75 Å². The monoisotopic (exact) mass is 385 g/mol. The minimum atomic E-state index is -0.487. The lowest BCUT2D eigenvalue weighted by Crippen LogP contribution is -2.09. The van der Waals surface area contributed by atoms with Crippen molar-refractivity contribution in [3.63, 3.8) is 0 Å². The molecule has 0 saturated heterocycles. The van der Waals surface area contributed by atoms with E-state index in [0.29, 0.717) is 34.3 Å². The van der Waals surface area contributed by atoms with Crippen LogP contribution in [0.2, 0.25) is 0 Å². The molecule has 7 nitrogen and oxygen atoms in total. The Hall–Kier alpha value is -2.74. The highest BCUT2D eigenvalue weighted by Crippen LogP contribution is 2.42. The van der Waals surface area contributed by atoms with E-state index >= 15 is 0 Å². The van der Waals surface area contributed by atoms with E-state index in [1.54, 1.807) is 12.1 Å². The minimum Gasteiger partial charge on any atom is -0.465 e. The molecule has 8 heteroatoms. The highest BCUT2D eigenvalue weighted by atomic mass is 32.1. The molecule has 27 heavy (non-hydrogen) atoms. The van der Waals surface area contributed by atoms with E-state index in [2.05, 4.69) is 14.2 Å². The molecule has 1 fully saturated rings. The predicted molar refractivity (Wildman–Crippen MR) is 101 cm³/mol. The van der Waals surface area contributed by atoms with E-state index in [-0.39, 0.29) is 5.97 Å². The summed E-state index contributed by atoms with van der Waals surface area (Å²) in [6.07, 6.45) is 2.80. The average Bonchev–Trinajstić information content (AvgIpc) is 3.29. The second-order valence-corrected chi connectivity index (χ2v) is 7.28. The Balaban J connectivity index is 1.75. The third kappa shape index (κ3) is 2.99. The van der Waals surface area contributed by atoms with Gasteiger partial charge in [-0.05, 0) is 55.9 Å². The summed E-state index contributed by atoms with van der Waals surface area (Å²) in [5, 5.41) is 4.67. The number of aromatic nitrogens is 3. The number of ether oxygens (including phenoxy) is 2. The van der Waals surface area contributed by atoms with Crippen molar-refractivity contribution in [3.8, 4) is 5.75 Å². The van der Waals surface area contributed by atoms with Crippen molar-refractivity contribution in [1.29, 1.82) is 0 Å². The second kappa shape index (κ2) is 6.77. The fourth-order valence-electron chi connectivity index (χ4n) is 3.40. The summed E-state index contributed by atoms with van der Waals surface area (Å²) in [4.78, 5) is 25.2. The van der Waals surface area contributed by atoms with Gasteiger partial charge >= 0.3 is 11.9 Å². The lowest BCUT2D eigenvalue weighted by molar-refractivity contribution is 0.0601. The van der Waals surface area contributed by atoms with E-state index < -0.39 is 5.97 Å². The van der Waals surface area contributed by atoms with Gasteiger partial charge < -0.3 is 14.0 Å². The van der Waals surface area contributed by atoms with Crippen LogP contribution in [0.25, 0.3) is 10.9 Å². The van der Waals surface area contributed by atoms with Gasteiger partial charge in [0.2, 0.25) is 0 Å². The summed E-state index contributed by atoms with van der Waals surface area (Å²) in [5.74, 6) is -0.500. The Morgan fingerprint density at radius 2 is 2.07 bits per heavy atom. The topological polar surface area (TPSA) is 83.3 Å². The number of hydrogen-bond donors (Lipinski definition) is 0. The van der Waals surface area contributed by atoms with Gasteiger partial charge in [0, 0.05) is 22.6 Å². The molecule has 0 spiro atoms. The van der Waals surface area contributed by atoms with E-state index in [1.165, 1.54) is 7.11 Å². The minimum absolute atomic E-state index is 0.376. The summed E-state index contributed by atoms with van der Waals surface area (Å²) in [6.45, 7) is 3.83. The summed E-state index contributed by atoms with van der Waals surface area (Å²) in [6, 6.07) is 5.78. The van der Waals surface area contributed by atoms with Crippen LogP contribution < -0.4 is 4.74 Å². The molecule has 0 unspecified atom stereocenters. The van der Waals surface area contributed by atoms with Crippen molar-refractivity contribution >= 4 is 34.4 Å². The van der Waals surface area contributed by atoms with Crippen molar-refractivity contribution in [1.82, 2.24) is 14.2 Å². The zero-order valence-corrected chi connectivity index (χ0v) is 16.1. The average molecular weight is 385 g/mol. The van der Waals surface area contributed by atoms with Crippen LogP contribution in [0.4, 0.5) is 0 Å². The van der Waals surface area contributed by atoms with Crippen LogP contribution in [0.5, 0.6) is 5.75 Å². The molecule has 4 rings (SSSR count). The maximum atomic E-state index is 12.5. The van der Waals surface area contributed by atoms with Gasteiger partial charge in [-0.3, -0.25) is 0 Å². The fraction of sp³-hybridized carbons (Fsp3) is 0.368. The molecule has 2 aromatic heterocycles. The highest BCUT2D eigenvalue weighted by molar-refractivity contribution is 7.07. The molecule has 0 atom stereocenters. The van der Waals surface area contributed by atoms with Crippen molar-refractivity contribution in [2.45, 2.75) is 39.2 Å². The molecule has 1 saturated carbocycles. The molecular weight excluding hydrogens is 366 g/mol. The standard InChI is InChI=1S/C19H19N3O4S/c1-4-14-17(27-21-20-14)19(24)26-12-7-8-15-13(9-12)16(18(23)25-3)10(2)22(15)11-5-6-11/h7-9,11H,4-6H2,1-3H3. The number of carbonyl (C=O) groups excluding carboxylic acids is 2. The summed E-state index contributed by atoms with van der Waals surface area (Å²) in [7, 11) is 1.37. The molecule has 0 bridgehead atoms. The van der Waals surface area contributed by atoms with Gasteiger partial charge in [0.25, 0.3) is 0 Å².